The number of thioether (sulfide) groups is 1. The standard InChI is InChI=1S/C17H13BrN2O4S3/c1-2-24-11-7-9(6-10(18)14(11)21)8-13-16(23)20(17(25)27-13)19-15(22)12-4-3-5-26-12/h3-8,21H,2H2,1H3,(H,19,22)/b13-8+. The molecule has 2 amide bonds. The van der Waals surface area contributed by atoms with Crippen molar-refractivity contribution in [2.75, 3.05) is 6.61 Å². The van der Waals surface area contributed by atoms with Gasteiger partial charge in [0.05, 0.1) is 20.9 Å². The van der Waals surface area contributed by atoms with E-state index in [1.807, 2.05) is 0 Å². The smallest absolute Gasteiger partial charge is 0.285 e. The summed E-state index contributed by atoms with van der Waals surface area (Å²) in [6, 6.07) is 6.70. The number of hydrogen-bond donors (Lipinski definition) is 2. The third-order valence-electron chi connectivity index (χ3n) is 3.40. The van der Waals surface area contributed by atoms with E-state index in [4.69, 9.17) is 17.0 Å². The number of phenols is 1. The summed E-state index contributed by atoms with van der Waals surface area (Å²) in [5.41, 5.74) is 3.17. The first-order valence-electron chi connectivity index (χ1n) is 7.68. The van der Waals surface area contributed by atoms with Crippen LogP contribution >= 0.6 is 51.2 Å². The Labute approximate surface area is 177 Å². The Morgan fingerprint density at radius 3 is 2.93 bits per heavy atom. The van der Waals surface area contributed by atoms with Gasteiger partial charge in [0.1, 0.15) is 0 Å². The second-order valence-corrected chi connectivity index (χ2v) is 8.70. The molecule has 140 valence electrons. The van der Waals surface area contributed by atoms with Gasteiger partial charge in [0.25, 0.3) is 11.8 Å². The van der Waals surface area contributed by atoms with Gasteiger partial charge in [-0.1, -0.05) is 17.8 Å². The number of amides is 2. The molecule has 3 rings (SSSR count). The lowest BCUT2D eigenvalue weighted by atomic mass is 10.2. The number of rotatable bonds is 5. The molecule has 2 heterocycles. The van der Waals surface area contributed by atoms with Crippen LogP contribution in [0.1, 0.15) is 22.2 Å². The van der Waals surface area contributed by atoms with Gasteiger partial charge in [0, 0.05) is 0 Å². The van der Waals surface area contributed by atoms with E-state index >= 15 is 0 Å². The Kier molecular flexibility index (Phi) is 6.20. The molecule has 0 bridgehead atoms. The highest BCUT2D eigenvalue weighted by molar-refractivity contribution is 9.10. The lowest BCUT2D eigenvalue weighted by molar-refractivity contribution is -0.123. The monoisotopic (exact) mass is 484 g/mol. The summed E-state index contributed by atoms with van der Waals surface area (Å²) in [6.07, 6.45) is 1.63. The van der Waals surface area contributed by atoms with Crippen LogP contribution in [0.2, 0.25) is 0 Å². The van der Waals surface area contributed by atoms with Crippen LogP contribution < -0.4 is 10.2 Å². The second kappa shape index (κ2) is 8.42. The zero-order valence-corrected chi connectivity index (χ0v) is 17.9. The van der Waals surface area contributed by atoms with Crippen LogP contribution in [0, 0.1) is 0 Å². The molecule has 1 aromatic heterocycles. The number of phenolic OH excluding ortho intramolecular Hbond substituents is 1. The average molecular weight is 485 g/mol. The molecule has 10 heteroatoms. The van der Waals surface area contributed by atoms with E-state index in [1.165, 1.54) is 11.3 Å². The van der Waals surface area contributed by atoms with Crippen LogP contribution in [0.25, 0.3) is 6.08 Å². The number of thiocarbonyl (C=S) groups is 1. The predicted octanol–water partition coefficient (Wildman–Crippen LogP) is 4.16. The Hall–Kier alpha value is -1.88. The summed E-state index contributed by atoms with van der Waals surface area (Å²) in [7, 11) is 0. The van der Waals surface area contributed by atoms with Crippen molar-refractivity contribution in [2.45, 2.75) is 6.92 Å². The first-order chi connectivity index (χ1) is 12.9. The third kappa shape index (κ3) is 4.34. The molecule has 2 N–H and O–H groups in total. The minimum Gasteiger partial charge on any atom is -0.503 e. The van der Waals surface area contributed by atoms with E-state index in [1.54, 1.807) is 42.6 Å². The van der Waals surface area contributed by atoms with E-state index in [9.17, 15) is 14.7 Å². The van der Waals surface area contributed by atoms with Gasteiger partial charge in [-0.2, -0.15) is 5.01 Å². The SMILES string of the molecule is CCOc1cc(/C=C2/SC(=S)N(NC(=O)c3cccs3)C2=O)cc(Br)c1O. The van der Waals surface area contributed by atoms with Crippen LogP contribution in [0.4, 0.5) is 0 Å². The summed E-state index contributed by atoms with van der Waals surface area (Å²) >= 11 is 10.8. The molecule has 0 aliphatic carbocycles. The van der Waals surface area contributed by atoms with Crippen molar-refractivity contribution >= 4 is 73.5 Å². The molecule has 1 aromatic carbocycles. The zero-order chi connectivity index (χ0) is 19.6. The van der Waals surface area contributed by atoms with Crippen LogP contribution in [-0.4, -0.2) is 32.9 Å². The highest BCUT2D eigenvalue weighted by atomic mass is 79.9. The number of carbonyl (C=O) groups is 2. The Morgan fingerprint density at radius 2 is 2.26 bits per heavy atom. The quantitative estimate of drug-likeness (QED) is 0.489. The maximum Gasteiger partial charge on any atom is 0.285 e. The molecule has 6 nitrogen and oxygen atoms in total. The summed E-state index contributed by atoms with van der Waals surface area (Å²) in [5, 5.41) is 12.8. The van der Waals surface area contributed by atoms with Crippen LogP contribution in [-0.2, 0) is 4.79 Å². The van der Waals surface area contributed by atoms with Gasteiger partial charge < -0.3 is 9.84 Å². The van der Waals surface area contributed by atoms with Crippen molar-refractivity contribution in [1.82, 2.24) is 10.4 Å². The molecule has 1 aliphatic heterocycles. The van der Waals surface area contributed by atoms with Crippen LogP contribution in [0.3, 0.4) is 0 Å². The normalized spacial score (nSPS) is 15.5. The molecule has 0 radical (unpaired) electrons. The fourth-order valence-electron chi connectivity index (χ4n) is 2.22. The van der Waals surface area contributed by atoms with Crippen molar-refractivity contribution in [1.29, 1.82) is 0 Å². The Morgan fingerprint density at radius 1 is 1.48 bits per heavy atom. The number of nitrogens with zero attached hydrogens (tertiary/aromatic N) is 1. The molecule has 1 fully saturated rings. The number of nitrogens with one attached hydrogen (secondary N) is 1. The van der Waals surface area contributed by atoms with Crippen molar-refractivity contribution in [2.24, 2.45) is 0 Å². The number of carbonyl (C=O) groups excluding carboxylic acids is 2. The lowest BCUT2D eigenvalue weighted by Crippen LogP contribution is -2.44. The van der Waals surface area contributed by atoms with Gasteiger partial charge in [-0.15, -0.1) is 11.3 Å². The number of thiophene rings is 1. The summed E-state index contributed by atoms with van der Waals surface area (Å²) in [4.78, 5) is 25.7. The van der Waals surface area contributed by atoms with E-state index in [0.717, 1.165) is 16.8 Å². The highest BCUT2D eigenvalue weighted by Gasteiger charge is 2.34. The number of aromatic hydroxyl groups is 1. The van der Waals surface area contributed by atoms with Gasteiger partial charge in [-0.25, -0.2) is 0 Å². The van der Waals surface area contributed by atoms with Crippen LogP contribution in [0.15, 0.2) is 39.0 Å². The molecule has 0 atom stereocenters. The lowest BCUT2D eigenvalue weighted by Gasteiger charge is -2.14. The van der Waals surface area contributed by atoms with E-state index in [0.29, 0.717) is 32.2 Å². The fourth-order valence-corrected chi connectivity index (χ4v) is 4.48. The molecule has 2 aromatic rings. The minimum absolute atomic E-state index is 0.00948. The maximum absolute atomic E-state index is 12.6. The molecule has 27 heavy (non-hydrogen) atoms. The number of halogens is 1. The predicted molar refractivity (Wildman–Crippen MR) is 114 cm³/mol. The van der Waals surface area contributed by atoms with E-state index in [-0.39, 0.29) is 10.1 Å². The van der Waals surface area contributed by atoms with Crippen molar-refractivity contribution < 1.29 is 19.4 Å². The van der Waals surface area contributed by atoms with Crippen LogP contribution in [0.5, 0.6) is 11.5 Å². The largest absolute Gasteiger partial charge is 0.503 e. The van der Waals surface area contributed by atoms with Gasteiger partial charge in [0.2, 0.25) is 0 Å². The van der Waals surface area contributed by atoms with Gasteiger partial charge >= 0.3 is 0 Å². The second-order valence-electron chi connectivity index (χ2n) is 5.22. The highest BCUT2D eigenvalue weighted by Crippen LogP contribution is 2.38. The van der Waals surface area contributed by atoms with Crippen molar-refractivity contribution in [3.05, 3.63) is 49.5 Å². The van der Waals surface area contributed by atoms with E-state index < -0.39 is 11.8 Å². The van der Waals surface area contributed by atoms with Crippen molar-refractivity contribution in [3.8, 4) is 11.5 Å². The maximum atomic E-state index is 12.6. The summed E-state index contributed by atoms with van der Waals surface area (Å²) < 4.78 is 6.07. The molecule has 1 saturated heterocycles. The molecule has 0 spiro atoms. The fraction of sp³-hybridized carbons (Fsp3) is 0.118. The molecular formula is C17H13BrN2O4S3. The topological polar surface area (TPSA) is 78.9 Å². The molecule has 0 unspecified atom stereocenters. The number of hydrazine groups is 1. The van der Waals surface area contributed by atoms with Gasteiger partial charge in [-0.05, 0) is 70.3 Å². The third-order valence-corrected chi connectivity index (χ3v) is 6.18. The van der Waals surface area contributed by atoms with E-state index in [2.05, 4.69) is 21.4 Å². The van der Waals surface area contributed by atoms with Gasteiger partial charge in [0.15, 0.2) is 15.8 Å². The molecular weight excluding hydrogens is 472 g/mol. The number of hydrogen-bond acceptors (Lipinski definition) is 7. The Bertz CT molecular complexity index is 944. The van der Waals surface area contributed by atoms with Gasteiger partial charge in [-0.3, -0.25) is 15.0 Å². The number of ether oxygens (including phenoxy) is 1. The van der Waals surface area contributed by atoms with Crippen molar-refractivity contribution in [3.63, 3.8) is 0 Å². The molecule has 0 saturated carbocycles. The first-order valence-corrected chi connectivity index (χ1v) is 10.6. The first kappa shape index (κ1) is 19.9. The average Bonchev–Trinajstić information content (AvgIpc) is 3.24. The molecule has 1 aliphatic rings. The Balaban J connectivity index is 1.83. The summed E-state index contributed by atoms with van der Waals surface area (Å²) in [6.45, 7) is 2.20. The minimum atomic E-state index is -0.419. The summed E-state index contributed by atoms with van der Waals surface area (Å²) in [5.74, 6) is -0.519. The number of benzene rings is 1. The zero-order valence-electron chi connectivity index (χ0n) is 13.9.